The second kappa shape index (κ2) is 4.74. The van der Waals surface area contributed by atoms with Crippen molar-refractivity contribution in [1.29, 1.82) is 0 Å². The van der Waals surface area contributed by atoms with E-state index in [-0.39, 0.29) is 29.4 Å². The standard InChI is InChI=1S/C9H13N5O2S/c10-8(11)14-9-13-7(16)5(17-9)3-6(15)12-4-1-2-4/h4-5H,1-3H2,(H,12,15)(H4,10,11,13,14,16)/t5-/m1/s1. The zero-order valence-electron chi connectivity index (χ0n) is 9.05. The first-order valence-corrected chi connectivity index (χ1v) is 6.11. The van der Waals surface area contributed by atoms with Crippen LogP contribution in [-0.4, -0.2) is 34.2 Å². The van der Waals surface area contributed by atoms with Crippen molar-refractivity contribution in [2.75, 3.05) is 0 Å². The number of thioether (sulfide) groups is 1. The lowest BCUT2D eigenvalue weighted by Crippen LogP contribution is -2.29. The topological polar surface area (TPSA) is 123 Å². The molecular formula is C9H13N5O2S. The van der Waals surface area contributed by atoms with Crippen LogP contribution in [0.1, 0.15) is 19.3 Å². The molecule has 0 unspecified atom stereocenters. The van der Waals surface area contributed by atoms with Crippen molar-refractivity contribution in [1.82, 2.24) is 5.32 Å². The molecule has 0 aromatic heterocycles. The van der Waals surface area contributed by atoms with E-state index in [4.69, 9.17) is 11.5 Å². The fourth-order valence-electron chi connectivity index (χ4n) is 1.34. The maximum atomic E-state index is 11.5. The minimum absolute atomic E-state index is 0.118. The van der Waals surface area contributed by atoms with Gasteiger partial charge in [-0.1, -0.05) is 11.8 Å². The second-order valence-corrected chi connectivity index (χ2v) is 5.09. The summed E-state index contributed by atoms with van der Waals surface area (Å²) in [6.07, 6.45) is 2.16. The highest BCUT2D eigenvalue weighted by Gasteiger charge is 2.32. The van der Waals surface area contributed by atoms with Crippen molar-refractivity contribution >= 4 is 34.7 Å². The Morgan fingerprint density at radius 1 is 1.53 bits per heavy atom. The van der Waals surface area contributed by atoms with Gasteiger partial charge in [-0.3, -0.25) is 9.59 Å². The molecule has 1 atom stereocenters. The van der Waals surface area contributed by atoms with Crippen LogP contribution in [-0.2, 0) is 9.59 Å². The van der Waals surface area contributed by atoms with Gasteiger partial charge in [0.25, 0.3) is 5.91 Å². The van der Waals surface area contributed by atoms with Gasteiger partial charge in [-0.25, -0.2) is 0 Å². The minimum atomic E-state index is -0.508. The zero-order chi connectivity index (χ0) is 12.4. The Labute approximate surface area is 102 Å². The summed E-state index contributed by atoms with van der Waals surface area (Å²) in [5.74, 6) is -0.632. The summed E-state index contributed by atoms with van der Waals surface area (Å²) in [7, 11) is 0. The van der Waals surface area contributed by atoms with Crippen LogP contribution in [0, 0.1) is 0 Å². The van der Waals surface area contributed by atoms with E-state index in [9.17, 15) is 9.59 Å². The van der Waals surface area contributed by atoms with E-state index in [1.54, 1.807) is 0 Å². The van der Waals surface area contributed by atoms with Crippen molar-refractivity contribution in [3.8, 4) is 0 Å². The molecule has 2 amide bonds. The number of carbonyl (C=O) groups is 2. The Bertz CT molecular complexity index is 412. The van der Waals surface area contributed by atoms with E-state index in [1.807, 2.05) is 0 Å². The SMILES string of the molecule is NC(N)=NC1=NC(=O)[C@@H](CC(=O)NC2CC2)S1. The lowest BCUT2D eigenvalue weighted by Gasteiger charge is -2.06. The number of hydrogen-bond donors (Lipinski definition) is 3. The smallest absolute Gasteiger partial charge is 0.262 e. The predicted molar refractivity (Wildman–Crippen MR) is 65.4 cm³/mol. The Kier molecular flexibility index (Phi) is 3.32. The summed E-state index contributed by atoms with van der Waals surface area (Å²) in [5.41, 5.74) is 10.4. The Morgan fingerprint density at radius 3 is 2.82 bits per heavy atom. The van der Waals surface area contributed by atoms with Crippen LogP contribution in [0.4, 0.5) is 0 Å². The molecule has 0 aromatic rings. The molecule has 5 N–H and O–H groups in total. The maximum Gasteiger partial charge on any atom is 0.262 e. The number of nitrogens with two attached hydrogens (primary N) is 2. The van der Waals surface area contributed by atoms with Crippen molar-refractivity contribution in [2.24, 2.45) is 21.5 Å². The summed E-state index contributed by atoms with van der Waals surface area (Å²) in [6.45, 7) is 0. The lowest BCUT2D eigenvalue weighted by molar-refractivity contribution is -0.124. The summed E-state index contributed by atoms with van der Waals surface area (Å²) in [6, 6.07) is 0.294. The van der Waals surface area contributed by atoms with Gasteiger partial charge in [-0.05, 0) is 12.8 Å². The third kappa shape index (κ3) is 3.45. The Morgan fingerprint density at radius 2 is 2.24 bits per heavy atom. The van der Waals surface area contributed by atoms with Crippen LogP contribution >= 0.6 is 11.8 Å². The van der Waals surface area contributed by atoms with Crippen LogP contribution in [0.2, 0.25) is 0 Å². The summed E-state index contributed by atoms with van der Waals surface area (Å²) >= 11 is 1.12. The van der Waals surface area contributed by atoms with Crippen molar-refractivity contribution in [2.45, 2.75) is 30.6 Å². The lowest BCUT2D eigenvalue weighted by atomic mass is 10.3. The quantitative estimate of drug-likeness (QED) is 0.437. The first-order chi connectivity index (χ1) is 8.04. The molecule has 1 saturated carbocycles. The molecule has 1 heterocycles. The Balaban J connectivity index is 1.85. The van der Waals surface area contributed by atoms with Crippen LogP contribution in [0.5, 0.6) is 0 Å². The molecule has 17 heavy (non-hydrogen) atoms. The van der Waals surface area contributed by atoms with E-state index in [1.165, 1.54) is 0 Å². The number of rotatable bonds is 3. The first kappa shape index (κ1) is 11.9. The highest BCUT2D eigenvalue weighted by atomic mass is 32.2. The van der Waals surface area contributed by atoms with Gasteiger partial charge < -0.3 is 16.8 Å². The molecule has 2 aliphatic rings. The summed E-state index contributed by atoms with van der Waals surface area (Å²) < 4.78 is 0. The number of hydrogen-bond acceptors (Lipinski definition) is 4. The van der Waals surface area contributed by atoms with Gasteiger partial charge in [0.05, 0.1) is 0 Å². The van der Waals surface area contributed by atoms with E-state index in [0.717, 1.165) is 24.6 Å². The normalized spacial score (nSPS) is 23.2. The van der Waals surface area contributed by atoms with Crippen molar-refractivity contribution < 1.29 is 9.59 Å². The van der Waals surface area contributed by atoms with Gasteiger partial charge in [0.2, 0.25) is 5.91 Å². The van der Waals surface area contributed by atoms with Crippen LogP contribution in [0.15, 0.2) is 9.98 Å². The fourth-order valence-corrected chi connectivity index (χ4v) is 2.29. The van der Waals surface area contributed by atoms with Crippen LogP contribution in [0.3, 0.4) is 0 Å². The number of nitrogens with zero attached hydrogens (tertiary/aromatic N) is 2. The molecule has 1 fully saturated rings. The third-order valence-electron chi connectivity index (χ3n) is 2.27. The monoisotopic (exact) mass is 255 g/mol. The number of amides is 2. The van der Waals surface area contributed by atoms with E-state index in [2.05, 4.69) is 15.3 Å². The van der Waals surface area contributed by atoms with E-state index >= 15 is 0 Å². The number of amidine groups is 1. The van der Waals surface area contributed by atoms with Crippen LogP contribution in [0.25, 0.3) is 0 Å². The van der Waals surface area contributed by atoms with Crippen LogP contribution < -0.4 is 16.8 Å². The van der Waals surface area contributed by atoms with Gasteiger partial charge in [-0.2, -0.15) is 9.98 Å². The van der Waals surface area contributed by atoms with Crippen molar-refractivity contribution in [3.63, 3.8) is 0 Å². The molecule has 7 nitrogen and oxygen atoms in total. The minimum Gasteiger partial charge on any atom is -0.370 e. The molecule has 0 bridgehead atoms. The Hall–Kier alpha value is -1.57. The number of guanidine groups is 1. The van der Waals surface area contributed by atoms with E-state index in [0.29, 0.717) is 6.04 Å². The zero-order valence-corrected chi connectivity index (χ0v) is 9.87. The summed E-state index contributed by atoms with van der Waals surface area (Å²) in [4.78, 5) is 30.3. The molecule has 2 rings (SSSR count). The highest BCUT2D eigenvalue weighted by Crippen LogP contribution is 2.26. The average Bonchev–Trinajstić information content (AvgIpc) is 2.93. The number of aliphatic imine (C=N–C) groups is 2. The molecule has 1 aliphatic carbocycles. The first-order valence-electron chi connectivity index (χ1n) is 5.23. The predicted octanol–water partition coefficient (Wildman–Crippen LogP) is -1.07. The number of carbonyl (C=O) groups excluding carboxylic acids is 2. The van der Waals surface area contributed by atoms with E-state index < -0.39 is 5.25 Å². The molecule has 0 radical (unpaired) electrons. The molecule has 0 saturated heterocycles. The van der Waals surface area contributed by atoms with Gasteiger partial charge in [0, 0.05) is 12.5 Å². The molecule has 0 aromatic carbocycles. The highest BCUT2D eigenvalue weighted by molar-refractivity contribution is 8.15. The molecule has 92 valence electrons. The van der Waals surface area contributed by atoms with Crippen molar-refractivity contribution in [3.05, 3.63) is 0 Å². The van der Waals surface area contributed by atoms with Gasteiger partial charge in [0.1, 0.15) is 5.25 Å². The molecular weight excluding hydrogens is 242 g/mol. The molecule has 8 heteroatoms. The second-order valence-electron chi connectivity index (χ2n) is 3.92. The molecule has 0 spiro atoms. The fraction of sp³-hybridized carbons (Fsp3) is 0.556. The third-order valence-corrected chi connectivity index (χ3v) is 3.31. The van der Waals surface area contributed by atoms with Gasteiger partial charge in [-0.15, -0.1) is 0 Å². The summed E-state index contributed by atoms with van der Waals surface area (Å²) in [5, 5.41) is 2.53. The largest absolute Gasteiger partial charge is 0.370 e. The van der Waals surface area contributed by atoms with Gasteiger partial charge in [0.15, 0.2) is 11.1 Å². The number of nitrogens with one attached hydrogen (secondary N) is 1. The maximum absolute atomic E-state index is 11.5. The molecule has 1 aliphatic heterocycles. The average molecular weight is 255 g/mol. The van der Waals surface area contributed by atoms with Gasteiger partial charge >= 0.3 is 0 Å².